The van der Waals surface area contributed by atoms with Gasteiger partial charge in [-0.15, -0.1) is 0 Å². The molecule has 120 valence electrons. The minimum absolute atomic E-state index is 0.137. The number of thioether (sulfide) groups is 1. The van der Waals surface area contributed by atoms with Crippen LogP contribution in [0.1, 0.15) is 50.2 Å². The Labute approximate surface area is 131 Å². The average Bonchev–Trinajstić information content (AvgIpc) is 2.87. The molecule has 0 amide bonds. The van der Waals surface area contributed by atoms with Gasteiger partial charge < -0.3 is 4.42 Å². The van der Waals surface area contributed by atoms with Crippen molar-refractivity contribution >= 4 is 11.8 Å². The van der Waals surface area contributed by atoms with Crippen LogP contribution < -0.4 is 0 Å². The zero-order valence-electron chi connectivity index (χ0n) is 12.7. The maximum atomic E-state index is 12.5. The van der Waals surface area contributed by atoms with Crippen LogP contribution in [0.2, 0.25) is 0 Å². The predicted octanol–water partition coefficient (Wildman–Crippen LogP) is 5.24. The van der Waals surface area contributed by atoms with Gasteiger partial charge in [0.1, 0.15) is 5.76 Å². The number of hydrogen-bond acceptors (Lipinski definition) is 4. The van der Waals surface area contributed by atoms with Gasteiger partial charge in [-0.05, 0) is 19.1 Å². The Morgan fingerprint density at radius 3 is 2.23 bits per heavy atom. The van der Waals surface area contributed by atoms with Crippen LogP contribution in [-0.4, -0.2) is 9.97 Å². The maximum absolute atomic E-state index is 12.5. The molecule has 0 aliphatic carbocycles. The highest BCUT2D eigenvalue weighted by atomic mass is 32.2. The monoisotopic (exact) mass is 330 g/mol. The number of alkyl halides is 3. The summed E-state index contributed by atoms with van der Waals surface area (Å²) >= 11 is 1.31. The topological polar surface area (TPSA) is 38.9 Å². The van der Waals surface area contributed by atoms with Gasteiger partial charge in [-0.3, -0.25) is 0 Å². The summed E-state index contributed by atoms with van der Waals surface area (Å²) in [6.45, 7) is 7.94. The molecule has 0 aliphatic rings. The molecular formula is C15H17F3N2OS. The number of rotatable bonds is 3. The normalized spacial score (nSPS) is 14.1. The van der Waals surface area contributed by atoms with Gasteiger partial charge in [-0.1, -0.05) is 32.5 Å². The molecule has 0 spiro atoms. The van der Waals surface area contributed by atoms with E-state index in [1.54, 1.807) is 6.20 Å². The number of halogens is 3. The van der Waals surface area contributed by atoms with E-state index in [4.69, 9.17) is 4.42 Å². The molecule has 2 rings (SSSR count). The lowest BCUT2D eigenvalue weighted by Crippen LogP contribution is -2.09. The van der Waals surface area contributed by atoms with E-state index in [1.807, 2.05) is 27.7 Å². The third kappa shape index (κ3) is 4.03. The molecule has 2 heterocycles. The minimum Gasteiger partial charge on any atom is -0.444 e. The number of pyridine rings is 1. The summed E-state index contributed by atoms with van der Waals surface area (Å²) in [7, 11) is 0. The quantitative estimate of drug-likeness (QED) is 0.722. The van der Waals surface area contributed by atoms with Crippen LogP contribution in [0.3, 0.4) is 0 Å². The van der Waals surface area contributed by atoms with E-state index in [9.17, 15) is 13.2 Å². The van der Waals surface area contributed by atoms with E-state index in [0.717, 1.165) is 18.0 Å². The zero-order valence-corrected chi connectivity index (χ0v) is 13.5. The standard InChI is InChI=1S/C15H17F3N2OS/c1-9(13-20-8-11(21-13)14(2,3)4)22-12-6-5-10(7-19-12)15(16,17)18/h5-9H,1-4H3. The summed E-state index contributed by atoms with van der Waals surface area (Å²) in [4.78, 5) is 8.08. The predicted molar refractivity (Wildman–Crippen MR) is 78.7 cm³/mol. The van der Waals surface area contributed by atoms with Crippen LogP contribution in [-0.2, 0) is 11.6 Å². The van der Waals surface area contributed by atoms with Crippen LogP contribution >= 0.6 is 11.8 Å². The molecule has 0 saturated carbocycles. The number of oxazole rings is 1. The summed E-state index contributed by atoms with van der Waals surface area (Å²) in [5.41, 5.74) is -0.891. The smallest absolute Gasteiger partial charge is 0.417 e. The molecule has 3 nitrogen and oxygen atoms in total. The molecule has 1 atom stereocenters. The first-order valence-electron chi connectivity index (χ1n) is 6.73. The SMILES string of the molecule is CC(Sc1ccc(C(F)(F)F)cn1)c1ncc(C(C)(C)C)o1. The molecule has 22 heavy (non-hydrogen) atoms. The zero-order chi connectivity index (χ0) is 16.5. The molecule has 0 bridgehead atoms. The Balaban J connectivity index is 2.09. The van der Waals surface area contributed by atoms with Crippen molar-refractivity contribution in [3.05, 3.63) is 41.7 Å². The minimum atomic E-state index is -4.37. The molecule has 1 unspecified atom stereocenters. The highest BCUT2D eigenvalue weighted by Crippen LogP contribution is 2.36. The van der Waals surface area contributed by atoms with Gasteiger partial charge in [0.15, 0.2) is 0 Å². The largest absolute Gasteiger partial charge is 0.444 e. The average molecular weight is 330 g/mol. The first-order valence-corrected chi connectivity index (χ1v) is 7.61. The molecule has 0 N–H and O–H groups in total. The second-order valence-corrected chi connectivity index (χ2v) is 7.32. The summed E-state index contributed by atoms with van der Waals surface area (Å²) in [5, 5.41) is 0.358. The van der Waals surface area contributed by atoms with Gasteiger partial charge in [0.05, 0.1) is 22.0 Å². The van der Waals surface area contributed by atoms with Crippen molar-refractivity contribution in [2.75, 3.05) is 0 Å². The Kier molecular flexibility index (Phi) is 4.56. The lowest BCUT2D eigenvalue weighted by atomic mass is 9.94. The molecule has 2 aromatic heterocycles. The van der Waals surface area contributed by atoms with Crippen molar-refractivity contribution in [3.8, 4) is 0 Å². The third-order valence-corrected chi connectivity index (χ3v) is 4.01. The van der Waals surface area contributed by atoms with Crippen molar-refractivity contribution in [2.45, 2.75) is 49.6 Å². The van der Waals surface area contributed by atoms with Crippen LogP contribution in [0.5, 0.6) is 0 Å². The van der Waals surface area contributed by atoms with E-state index in [1.165, 1.54) is 17.8 Å². The van der Waals surface area contributed by atoms with Gasteiger partial charge in [0.2, 0.25) is 5.89 Å². The van der Waals surface area contributed by atoms with Crippen LogP contribution in [0, 0.1) is 0 Å². The summed E-state index contributed by atoms with van der Waals surface area (Å²) < 4.78 is 43.2. The molecule has 2 aromatic rings. The van der Waals surface area contributed by atoms with Gasteiger partial charge in [0, 0.05) is 11.6 Å². The van der Waals surface area contributed by atoms with E-state index in [0.29, 0.717) is 10.9 Å². The number of aromatic nitrogens is 2. The molecule has 0 aromatic carbocycles. The molecule has 7 heteroatoms. The lowest BCUT2D eigenvalue weighted by Gasteiger charge is -2.14. The van der Waals surface area contributed by atoms with Gasteiger partial charge in [-0.2, -0.15) is 13.2 Å². The summed E-state index contributed by atoms with van der Waals surface area (Å²) in [6, 6.07) is 2.38. The van der Waals surface area contributed by atoms with Crippen molar-refractivity contribution in [1.82, 2.24) is 9.97 Å². The van der Waals surface area contributed by atoms with E-state index in [2.05, 4.69) is 9.97 Å². The second-order valence-electron chi connectivity index (χ2n) is 5.96. The van der Waals surface area contributed by atoms with Crippen molar-refractivity contribution in [3.63, 3.8) is 0 Å². The Morgan fingerprint density at radius 1 is 1.09 bits per heavy atom. The first-order chi connectivity index (χ1) is 10.1. The molecule has 0 radical (unpaired) electrons. The van der Waals surface area contributed by atoms with Crippen LogP contribution in [0.15, 0.2) is 34.0 Å². The van der Waals surface area contributed by atoms with Gasteiger partial charge >= 0.3 is 6.18 Å². The number of nitrogens with zero attached hydrogens (tertiary/aromatic N) is 2. The lowest BCUT2D eigenvalue weighted by molar-refractivity contribution is -0.137. The maximum Gasteiger partial charge on any atom is 0.417 e. The van der Waals surface area contributed by atoms with Crippen molar-refractivity contribution < 1.29 is 17.6 Å². The fraction of sp³-hybridized carbons (Fsp3) is 0.467. The van der Waals surface area contributed by atoms with Crippen molar-refractivity contribution in [2.24, 2.45) is 0 Å². The van der Waals surface area contributed by atoms with Crippen molar-refractivity contribution in [1.29, 1.82) is 0 Å². The molecule has 0 saturated heterocycles. The van der Waals surface area contributed by atoms with E-state index in [-0.39, 0.29) is 10.7 Å². The highest BCUT2D eigenvalue weighted by molar-refractivity contribution is 7.99. The first kappa shape index (κ1) is 16.9. The molecule has 0 fully saturated rings. The molecular weight excluding hydrogens is 313 g/mol. The molecule has 0 aliphatic heterocycles. The Bertz CT molecular complexity index is 629. The summed E-state index contributed by atoms with van der Waals surface area (Å²) in [6.07, 6.45) is -1.84. The fourth-order valence-corrected chi connectivity index (χ4v) is 2.50. The van der Waals surface area contributed by atoms with E-state index < -0.39 is 11.7 Å². The Morgan fingerprint density at radius 2 is 1.77 bits per heavy atom. The van der Waals surface area contributed by atoms with Crippen LogP contribution in [0.4, 0.5) is 13.2 Å². The van der Waals surface area contributed by atoms with E-state index >= 15 is 0 Å². The Hall–Kier alpha value is -1.50. The van der Waals surface area contributed by atoms with Gasteiger partial charge in [0.25, 0.3) is 0 Å². The summed E-state index contributed by atoms with van der Waals surface area (Å²) in [5.74, 6) is 1.31. The van der Waals surface area contributed by atoms with Gasteiger partial charge in [-0.25, -0.2) is 9.97 Å². The fourth-order valence-electron chi connectivity index (χ4n) is 1.67. The van der Waals surface area contributed by atoms with Crippen LogP contribution in [0.25, 0.3) is 0 Å². The second kappa shape index (κ2) is 5.95. The number of hydrogen-bond donors (Lipinski definition) is 0. The third-order valence-electron chi connectivity index (χ3n) is 2.97. The highest BCUT2D eigenvalue weighted by Gasteiger charge is 2.30.